The van der Waals surface area contributed by atoms with Crippen LogP contribution in [0.5, 0.6) is 0 Å². The highest BCUT2D eigenvalue weighted by Gasteiger charge is 2.03. The molecule has 0 fully saturated rings. The largest absolute Gasteiger partial charge is 0.481 e. The highest BCUT2D eigenvalue weighted by molar-refractivity contribution is 5.66. The highest BCUT2D eigenvalue weighted by Crippen LogP contribution is 2.02. The SMILES string of the molecule is CC(CNCCC(=O)O)COCc1ccccc1. The average molecular weight is 251 g/mol. The predicted molar refractivity (Wildman–Crippen MR) is 70.4 cm³/mol. The molecule has 0 aliphatic rings. The van der Waals surface area contributed by atoms with Gasteiger partial charge in [-0.25, -0.2) is 0 Å². The van der Waals surface area contributed by atoms with Gasteiger partial charge in [0, 0.05) is 6.54 Å². The normalized spacial score (nSPS) is 12.3. The summed E-state index contributed by atoms with van der Waals surface area (Å²) in [6.45, 7) is 4.68. The average Bonchev–Trinajstić information content (AvgIpc) is 2.36. The Hall–Kier alpha value is -1.39. The lowest BCUT2D eigenvalue weighted by molar-refractivity contribution is -0.136. The molecule has 0 aromatic heterocycles. The van der Waals surface area contributed by atoms with Gasteiger partial charge in [-0.1, -0.05) is 37.3 Å². The number of benzene rings is 1. The molecule has 1 unspecified atom stereocenters. The molecule has 18 heavy (non-hydrogen) atoms. The van der Waals surface area contributed by atoms with Crippen molar-refractivity contribution in [2.45, 2.75) is 20.0 Å². The molecule has 0 aliphatic carbocycles. The summed E-state index contributed by atoms with van der Waals surface area (Å²) in [7, 11) is 0. The Bertz CT molecular complexity index is 340. The van der Waals surface area contributed by atoms with Crippen LogP contribution in [-0.2, 0) is 16.1 Å². The maximum Gasteiger partial charge on any atom is 0.304 e. The van der Waals surface area contributed by atoms with Crippen LogP contribution in [0.25, 0.3) is 0 Å². The van der Waals surface area contributed by atoms with E-state index in [9.17, 15) is 4.79 Å². The Morgan fingerprint density at radius 3 is 2.78 bits per heavy atom. The van der Waals surface area contributed by atoms with E-state index in [0.29, 0.717) is 25.7 Å². The lowest BCUT2D eigenvalue weighted by Gasteiger charge is -2.12. The smallest absolute Gasteiger partial charge is 0.304 e. The molecule has 0 saturated carbocycles. The molecular formula is C14H21NO3. The fraction of sp³-hybridized carbons (Fsp3) is 0.500. The van der Waals surface area contributed by atoms with Gasteiger partial charge in [0.2, 0.25) is 0 Å². The zero-order valence-electron chi connectivity index (χ0n) is 10.8. The number of hydrogen-bond acceptors (Lipinski definition) is 3. The number of hydrogen-bond donors (Lipinski definition) is 2. The first-order chi connectivity index (χ1) is 8.68. The molecule has 1 rings (SSSR count). The molecular weight excluding hydrogens is 230 g/mol. The van der Waals surface area contributed by atoms with Gasteiger partial charge in [0.1, 0.15) is 0 Å². The summed E-state index contributed by atoms with van der Waals surface area (Å²) in [6.07, 6.45) is 0.164. The van der Waals surface area contributed by atoms with Gasteiger partial charge in [0.15, 0.2) is 0 Å². The Morgan fingerprint density at radius 2 is 2.11 bits per heavy atom. The quantitative estimate of drug-likeness (QED) is 0.658. The predicted octanol–water partition coefficient (Wildman–Crippen LogP) is 1.90. The van der Waals surface area contributed by atoms with Crippen LogP contribution >= 0.6 is 0 Å². The number of ether oxygens (including phenoxy) is 1. The number of aliphatic carboxylic acids is 1. The first-order valence-electron chi connectivity index (χ1n) is 6.22. The molecule has 1 aromatic carbocycles. The van der Waals surface area contributed by atoms with Crippen molar-refractivity contribution in [1.29, 1.82) is 0 Å². The van der Waals surface area contributed by atoms with Crippen molar-refractivity contribution in [3.63, 3.8) is 0 Å². The van der Waals surface area contributed by atoms with Crippen molar-refractivity contribution < 1.29 is 14.6 Å². The number of carboxylic acids is 1. The van der Waals surface area contributed by atoms with E-state index in [2.05, 4.69) is 12.2 Å². The van der Waals surface area contributed by atoms with E-state index in [1.807, 2.05) is 30.3 Å². The molecule has 0 aliphatic heterocycles. The molecule has 0 saturated heterocycles. The minimum Gasteiger partial charge on any atom is -0.481 e. The summed E-state index contributed by atoms with van der Waals surface area (Å²) in [6, 6.07) is 10.1. The topological polar surface area (TPSA) is 58.6 Å². The van der Waals surface area contributed by atoms with Crippen LogP contribution in [0.3, 0.4) is 0 Å². The van der Waals surface area contributed by atoms with Crippen molar-refractivity contribution in [3.05, 3.63) is 35.9 Å². The lowest BCUT2D eigenvalue weighted by Crippen LogP contribution is -2.26. The van der Waals surface area contributed by atoms with Crippen LogP contribution in [0.2, 0.25) is 0 Å². The molecule has 0 amide bonds. The summed E-state index contributed by atoms with van der Waals surface area (Å²) in [5, 5.41) is 11.6. The second-order valence-corrected chi connectivity index (χ2v) is 4.45. The molecule has 100 valence electrons. The molecule has 0 spiro atoms. The fourth-order valence-electron chi connectivity index (χ4n) is 1.55. The minimum absolute atomic E-state index is 0.164. The van der Waals surface area contributed by atoms with Crippen LogP contribution in [-0.4, -0.2) is 30.8 Å². The van der Waals surface area contributed by atoms with Gasteiger partial charge in [-0.15, -0.1) is 0 Å². The van der Waals surface area contributed by atoms with E-state index in [1.165, 1.54) is 5.56 Å². The number of rotatable bonds is 9. The monoisotopic (exact) mass is 251 g/mol. The molecule has 0 bridgehead atoms. The number of carbonyl (C=O) groups is 1. The Balaban J connectivity index is 2.03. The molecule has 4 heteroatoms. The maximum absolute atomic E-state index is 10.3. The fourth-order valence-corrected chi connectivity index (χ4v) is 1.55. The molecule has 2 N–H and O–H groups in total. The van der Waals surface area contributed by atoms with Crippen LogP contribution in [0.1, 0.15) is 18.9 Å². The summed E-state index contributed by atoms with van der Waals surface area (Å²) in [5.41, 5.74) is 1.17. The zero-order valence-corrected chi connectivity index (χ0v) is 10.8. The van der Waals surface area contributed by atoms with E-state index >= 15 is 0 Å². The number of nitrogens with one attached hydrogen (secondary N) is 1. The van der Waals surface area contributed by atoms with E-state index in [0.717, 1.165) is 6.54 Å². The number of carboxylic acid groups (broad SMARTS) is 1. The summed E-state index contributed by atoms with van der Waals surface area (Å²) in [4.78, 5) is 10.3. The second kappa shape index (κ2) is 8.66. The first kappa shape index (κ1) is 14.7. The Morgan fingerprint density at radius 1 is 1.39 bits per heavy atom. The Labute approximate surface area is 108 Å². The zero-order chi connectivity index (χ0) is 13.2. The van der Waals surface area contributed by atoms with Gasteiger partial charge in [0.25, 0.3) is 0 Å². The van der Waals surface area contributed by atoms with Crippen LogP contribution < -0.4 is 5.32 Å². The van der Waals surface area contributed by atoms with Gasteiger partial charge in [0.05, 0.1) is 19.6 Å². The standard InChI is InChI=1S/C14H21NO3/c1-12(9-15-8-7-14(16)17)10-18-11-13-5-3-2-4-6-13/h2-6,12,15H,7-11H2,1H3,(H,16,17). The van der Waals surface area contributed by atoms with E-state index in [-0.39, 0.29) is 6.42 Å². The van der Waals surface area contributed by atoms with Crippen LogP contribution in [0.4, 0.5) is 0 Å². The lowest BCUT2D eigenvalue weighted by atomic mass is 10.2. The van der Waals surface area contributed by atoms with E-state index < -0.39 is 5.97 Å². The van der Waals surface area contributed by atoms with Gasteiger partial charge in [-0.2, -0.15) is 0 Å². The van der Waals surface area contributed by atoms with Gasteiger partial charge in [-0.3, -0.25) is 4.79 Å². The third-order valence-corrected chi connectivity index (χ3v) is 2.52. The molecule has 4 nitrogen and oxygen atoms in total. The van der Waals surface area contributed by atoms with Crippen LogP contribution in [0, 0.1) is 5.92 Å². The van der Waals surface area contributed by atoms with Gasteiger partial charge in [-0.05, 0) is 18.0 Å². The Kier molecular flexibility index (Phi) is 7.06. The summed E-state index contributed by atoms with van der Waals surface area (Å²) in [5.74, 6) is -0.391. The molecule has 1 atom stereocenters. The van der Waals surface area contributed by atoms with E-state index in [4.69, 9.17) is 9.84 Å². The second-order valence-electron chi connectivity index (χ2n) is 4.45. The van der Waals surface area contributed by atoms with E-state index in [1.54, 1.807) is 0 Å². The molecule has 0 radical (unpaired) electrons. The highest BCUT2D eigenvalue weighted by atomic mass is 16.5. The van der Waals surface area contributed by atoms with Crippen molar-refractivity contribution in [2.24, 2.45) is 5.92 Å². The maximum atomic E-state index is 10.3. The molecule has 0 heterocycles. The molecule has 1 aromatic rings. The third kappa shape index (κ3) is 7.04. The van der Waals surface area contributed by atoms with Gasteiger partial charge < -0.3 is 15.2 Å². The summed E-state index contributed by atoms with van der Waals surface area (Å²) < 4.78 is 5.60. The first-order valence-corrected chi connectivity index (χ1v) is 6.22. The van der Waals surface area contributed by atoms with Crippen molar-refractivity contribution in [2.75, 3.05) is 19.7 Å². The van der Waals surface area contributed by atoms with Crippen LogP contribution in [0.15, 0.2) is 30.3 Å². The third-order valence-electron chi connectivity index (χ3n) is 2.52. The summed E-state index contributed by atoms with van der Waals surface area (Å²) >= 11 is 0. The van der Waals surface area contributed by atoms with Crippen molar-refractivity contribution in [3.8, 4) is 0 Å². The van der Waals surface area contributed by atoms with Gasteiger partial charge >= 0.3 is 5.97 Å². The van der Waals surface area contributed by atoms with Crippen molar-refractivity contribution >= 4 is 5.97 Å². The minimum atomic E-state index is -0.768. The van der Waals surface area contributed by atoms with Crippen molar-refractivity contribution in [1.82, 2.24) is 5.32 Å².